The number of benzene rings is 1. The van der Waals surface area contributed by atoms with Crippen molar-refractivity contribution in [3.8, 4) is 0 Å². The average molecular weight is 449 g/mol. The highest BCUT2D eigenvalue weighted by Crippen LogP contribution is 2.32. The first-order valence-corrected chi connectivity index (χ1v) is 12.0. The Morgan fingerprint density at radius 2 is 1.85 bits per heavy atom. The number of piperazine rings is 1. The number of hydrogen-bond acceptors (Lipinski definition) is 6. The normalized spacial score (nSPS) is 19.1. The number of rotatable bonds is 5. The molecule has 1 atom stereocenters. The Balaban J connectivity index is 1.37. The molecule has 2 aliphatic rings. The predicted octanol–water partition coefficient (Wildman–Crippen LogP) is 4.37. The van der Waals surface area contributed by atoms with Crippen LogP contribution in [0.2, 0.25) is 0 Å². The van der Waals surface area contributed by atoms with Crippen LogP contribution in [-0.2, 0) is 0 Å². The molecule has 5 rings (SSSR count). The van der Waals surface area contributed by atoms with Gasteiger partial charge in [-0.25, -0.2) is 9.37 Å². The third kappa shape index (κ3) is 4.94. The number of halogens is 1. The minimum Gasteiger partial charge on any atom is -0.369 e. The van der Waals surface area contributed by atoms with Crippen molar-refractivity contribution in [3.05, 3.63) is 54.1 Å². The van der Waals surface area contributed by atoms with Gasteiger partial charge in [0.25, 0.3) is 0 Å². The van der Waals surface area contributed by atoms with Crippen molar-refractivity contribution in [1.29, 1.82) is 0 Å². The molecule has 0 radical (unpaired) electrons. The SMILES string of the molecule is CC(c1ccc2cnc(Nc3cc(N4CCNCC4)ccc3F)cc2n1)C1CCN(C)CC1. The standard InChI is InChI=1S/C26H33FN6/c1-18(19-7-11-32(2)12-8-19)23-6-3-20-17-29-26(16-24(20)30-23)31-25-15-21(4-5-22(25)27)33-13-9-28-10-14-33/h3-6,15-19,28H,7-14H2,1-2H3,(H,29,31). The Bertz CT molecular complexity index is 1110. The fraction of sp³-hybridized carbons (Fsp3) is 0.462. The summed E-state index contributed by atoms with van der Waals surface area (Å²) in [5, 5.41) is 7.53. The van der Waals surface area contributed by atoms with E-state index in [1.165, 1.54) is 18.9 Å². The summed E-state index contributed by atoms with van der Waals surface area (Å²) in [7, 11) is 2.19. The highest BCUT2D eigenvalue weighted by atomic mass is 19.1. The first-order valence-electron chi connectivity index (χ1n) is 12.0. The first kappa shape index (κ1) is 22.0. The van der Waals surface area contributed by atoms with Gasteiger partial charge in [0, 0.05) is 61.1 Å². The van der Waals surface area contributed by atoms with E-state index >= 15 is 0 Å². The Kier molecular flexibility index (Phi) is 6.42. The van der Waals surface area contributed by atoms with Crippen LogP contribution in [0.1, 0.15) is 31.4 Å². The summed E-state index contributed by atoms with van der Waals surface area (Å²) >= 11 is 0. The minimum atomic E-state index is -0.284. The van der Waals surface area contributed by atoms with E-state index in [9.17, 15) is 4.39 Å². The van der Waals surface area contributed by atoms with Gasteiger partial charge in [-0.1, -0.05) is 6.92 Å². The second kappa shape index (κ2) is 9.61. The number of pyridine rings is 2. The molecule has 0 aliphatic carbocycles. The van der Waals surface area contributed by atoms with Gasteiger partial charge in [0.1, 0.15) is 11.6 Å². The molecule has 0 amide bonds. The predicted molar refractivity (Wildman–Crippen MR) is 133 cm³/mol. The number of anilines is 3. The molecule has 0 bridgehead atoms. The minimum absolute atomic E-state index is 0.284. The Labute approximate surface area is 195 Å². The number of piperidine rings is 1. The molecule has 1 aromatic carbocycles. The van der Waals surface area contributed by atoms with Crippen molar-refractivity contribution in [3.63, 3.8) is 0 Å². The van der Waals surface area contributed by atoms with Crippen LogP contribution in [0.4, 0.5) is 21.6 Å². The lowest BCUT2D eigenvalue weighted by Crippen LogP contribution is -2.43. The van der Waals surface area contributed by atoms with Crippen LogP contribution in [0.25, 0.3) is 10.9 Å². The van der Waals surface area contributed by atoms with E-state index in [2.05, 4.69) is 51.5 Å². The Hall–Kier alpha value is -2.77. The summed E-state index contributed by atoms with van der Waals surface area (Å²) < 4.78 is 14.6. The summed E-state index contributed by atoms with van der Waals surface area (Å²) in [4.78, 5) is 14.2. The van der Waals surface area contributed by atoms with Gasteiger partial charge in [-0.2, -0.15) is 0 Å². The van der Waals surface area contributed by atoms with E-state index in [1.807, 2.05) is 24.4 Å². The lowest BCUT2D eigenvalue weighted by molar-refractivity contribution is 0.201. The second-order valence-electron chi connectivity index (χ2n) is 9.45. The zero-order valence-electron chi connectivity index (χ0n) is 19.5. The van der Waals surface area contributed by atoms with Crippen LogP contribution in [0.15, 0.2) is 42.6 Å². The van der Waals surface area contributed by atoms with Crippen molar-refractivity contribution < 1.29 is 4.39 Å². The van der Waals surface area contributed by atoms with Crippen LogP contribution < -0.4 is 15.5 Å². The molecule has 2 saturated heterocycles. The van der Waals surface area contributed by atoms with Crippen molar-refractivity contribution in [1.82, 2.24) is 20.2 Å². The van der Waals surface area contributed by atoms with E-state index in [0.717, 1.165) is 61.6 Å². The maximum atomic E-state index is 14.6. The fourth-order valence-corrected chi connectivity index (χ4v) is 4.99. The van der Waals surface area contributed by atoms with Gasteiger partial charge >= 0.3 is 0 Å². The van der Waals surface area contributed by atoms with Gasteiger partial charge in [-0.05, 0) is 69.2 Å². The fourth-order valence-electron chi connectivity index (χ4n) is 4.99. The summed E-state index contributed by atoms with van der Waals surface area (Å²) in [6.07, 6.45) is 4.24. The van der Waals surface area contributed by atoms with Crippen molar-refractivity contribution in [2.24, 2.45) is 5.92 Å². The van der Waals surface area contributed by atoms with Gasteiger partial charge in [-0.15, -0.1) is 0 Å². The molecule has 0 spiro atoms. The summed E-state index contributed by atoms with van der Waals surface area (Å²) in [5.41, 5.74) is 3.48. The number of aromatic nitrogens is 2. The van der Waals surface area contributed by atoms with Gasteiger partial charge in [0.15, 0.2) is 0 Å². The van der Waals surface area contributed by atoms with Crippen molar-refractivity contribution >= 4 is 28.1 Å². The third-order valence-corrected chi connectivity index (χ3v) is 7.23. The molecule has 2 aliphatic heterocycles. The molecule has 33 heavy (non-hydrogen) atoms. The summed E-state index contributed by atoms with van der Waals surface area (Å²) in [6.45, 7) is 8.31. The lowest BCUT2D eigenvalue weighted by atomic mass is 9.83. The topological polar surface area (TPSA) is 56.3 Å². The number of likely N-dealkylation sites (tertiary alicyclic amines) is 1. The van der Waals surface area contributed by atoms with Crippen LogP contribution in [-0.4, -0.2) is 61.2 Å². The van der Waals surface area contributed by atoms with Crippen LogP contribution in [0.5, 0.6) is 0 Å². The molecular weight excluding hydrogens is 415 g/mol. The molecule has 2 N–H and O–H groups in total. The van der Waals surface area contributed by atoms with Crippen LogP contribution in [0.3, 0.4) is 0 Å². The highest BCUT2D eigenvalue weighted by Gasteiger charge is 2.24. The van der Waals surface area contributed by atoms with Crippen LogP contribution >= 0.6 is 0 Å². The van der Waals surface area contributed by atoms with E-state index in [-0.39, 0.29) is 5.82 Å². The Morgan fingerprint density at radius 1 is 1.06 bits per heavy atom. The average Bonchev–Trinajstić information content (AvgIpc) is 2.85. The monoisotopic (exact) mass is 448 g/mol. The van der Waals surface area contributed by atoms with Crippen molar-refractivity contribution in [2.75, 3.05) is 56.5 Å². The lowest BCUT2D eigenvalue weighted by Gasteiger charge is -2.32. The molecule has 2 fully saturated rings. The summed E-state index contributed by atoms with van der Waals surface area (Å²) in [5.74, 6) is 1.40. The maximum Gasteiger partial charge on any atom is 0.146 e. The number of nitrogens with zero attached hydrogens (tertiary/aromatic N) is 4. The van der Waals surface area contributed by atoms with E-state index in [0.29, 0.717) is 23.3 Å². The summed E-state index contributed by atoms with van der Waals surface area (Å²) in [6, 6.07) is 11.4. The largest absolute Gasteiger partial charge is 0.369 e. The highest BCUT2D eigenvalue weighted by molar-refractivity contribution is 5.81. The molecule has 0 saturated carbocycles. The van der Waals surface area contributed by atoms with Gasteiger partial charge < -0.3 is 20.4 Å². The Morgan fingerprint density at radius 3 is 2.64 bits per heavy atom. The molecule has 174 valence electrons. The molecular formula is C26H33FN6. The molecule has 2 aromatic heterocycles. The molecule has 1 unspecified atom stereocenters. The number of nitrogens with one attached hydrogen (secondary N) is 2. The van der Waals surface area contributed by atoms with Gasteiger partial charge in [0.05, 0.1) is 11.2 Å². The zero-order chi connectivity index (χ0) is 22.8. The first-order chi connectivity index (χ1) is 16.1. The number of hydrogen-bond donors (Lipinski definition) is 2. The van der Waals surface area contributed by atoms with Gasteiger partial charge in [-0.3, -0.25) is 4.98 Å². The van der Waals surface area contributed by atoms with E-state index in [1.54, 1.807) is 0 Å². The third-order valence-electron chi connectivity index (χ3n) is 7.23. The molecule has 6 nitrogen and oxygen atoms in total. The van der Waals surface area contributed by atoms with Crippen molar-refractivity contribution in [2.45, 2.75) is 25.7 Å². The van der Waals surface area contributed by atoms with Crippen LogP contribution in [0, 0.1) is 11.7 Å². The quantitative estimate of drug-likeness (QED) is 0.605. The smallest absolute Gasteiger partial charge is 0.146 e. The van der Waals surface area contributed by atoms with E-state index in [4.69, 9.17) is 4.98 Å². The number of fused-ring (bicyclic) bond motifs is 1. The van der Waals surface area contributed by atoms with Gasteiger partial charge in [0.2, 0.25) is 0 Å². The van der Waals surface area contributed by atoms with E-state index < -0.39 is 0 Å². The molecule has 4 heterocycles. The molecule has 3 aromatic rings. The zero-order valence-corrected chi connectivity index (χ0v) is 19.5. The second-order valence-corrected chi connectivity index (χ2v) is 9.45. The molecule has 7 heteroatoms. The maximum absolute atomic E-state index is 14.6.